The Kier molecular flexibility index (Phi) is 4.09. The van der Waals surface area contributed by atoms with Crippen LogP contribution < -0.4 is 5.56 Å². The quantitative estimate of drug-likeness (QED) is 0.771. The number of carbonyl (C=O) groups is 1. The molecular weight excluding hydrogens is 332 g/mol. The number of hydrogen-bond acceptors (Lipinski definition) is 4. The smallest absolute Gasteiger partial charge is 0.410 e. The summed E-state index contributed by atoms with van der Waals surface area (Å²) in [4.78, 5) is 26.8. The molecule has 0 spiro atoms. The summed E-state index contributed by atoms with van der Waals surface area (Å²) in [7, 11) is 0. The van der Waals surface area contributed by atoms with Crippen LogP contribution in [0.4, 0.5) is 4.79 Å². The Morgan fingerprint density at radius 1 is 1.23 bits per heavy atom. The topological polar surface area (TPSA) is 60.8 Å². The minimum Gasteiger partial charge on any atom is -0.488 e. The SMILES string of the molecule is CC(C)(C)OC(=O)N1CCC(n2ccc3c(c2=O)COC3=C2CC2)CC1. The highest BCUT2D eigenvalue weighted by molar-refractivity contribution is 5.70. The second-order valence-corrected chi connectivity index (χ2v) is 8.34. The molecule has 0 atom stereocenters. The van der Waals surface area contributed by atoms with Crippen LogP contribution in [0.2, 0.25) is 0 Å². The first kappa shape index (κ1) is 17.2. The van der Waals surface area contributed by atoms with Gasteiger partial charge in [0.25, 0.3) is 5.56 Å². The Balaban J connectivity index is 1.47. The Labute approximate surface area is 153 Å². The number of amides is 1. The second kappa shape index (κ2) is 6.18. The van der Waals surface area contributed by atoms with Crippen molar-refractivity contribution in [2.24, 2.45) is 0 Å². The molecule has 0 bridgehead atoms. The van der Waals surface area contributed by atoms with Crippen molar-refractivity contribution in [2.75, 3.05) is 13.1 Å². The zero-order valence-corrected chi connectivity index (χ0v) is 15.7. The van der Waals surface area contributed by atoms with Crippen molar-refractivity contribution in [3.63, 3.8) is 0 Å². The lowest BCUT2D eigenvalue weighted by molar-refractivity contribution is 0.0187. The number of ether oxygens (including phenoxy) is 2. The highest BCUT2D eigenvalue weighted by atomic mass is 16.6. The fourth-order valence-electron chi connectivity index (χ4n) is 3.69. The number of piperidine rings is 1. The van der Waals surface area contributed by atoms with E-state index in [4.69, 9.17) is 9.47 Å². The third-order valence-corrected chi connectivity index (χ3v) is 5.16. The maximum Gasteiger partial charge on any atom is 0.410 e. The van der Waals surface area contributed by atoms with E-state index in [1.54, 1.807) is 4.90 Å². The molecule has 1 saturated carbocycles. The molecular formula is C20H26N2O4. The van der Waals surface area contributed by atoms with Gasteiger partial charge in [-0.3, -0.25) is 4.79 Å². The number of likely N-dealkylation sites (tertiary alicyclic amines) is 1. The first-order valence-electron chi connectivity index (χ1n) is 9.40. The molecule has 1 saturated heterocycles. The van der Waals surface area contributed by atoms with Gasteiger partial charge in [-0.15, -0.1) is 0 Å². The average molecular weight is 358 g/mol. The molecule has 1 aromatic rings. The van der Waals surface area contributed by atoms with Crippen molar-refractivity contribution in [1.82, 2.24) is 9.47 Å². The molecule has 4 rings (SSSR count). The molecule has 1 aliphatic carbocycles. The van der Waals surface area contributed by atoms with Gasteiger partial charge in [0.1, 0.15) is 18.0 Å². The first-order valence-corrected chi connectivity index (χ1v) is 9.40. The average Bonchev–Trinajstić information content (AvgIpc) is 3.33. The van der Waals surface area contributed by atoms with Crippen molar-refractivity contribution >= 4 is 11.9 Å². The number of allylic oxidation sites excluding steroid dienone is 1. The van der Waals surface area contributed by atoms with E-state index in [9.17, 15) is 9.59 Å². The predicted octanol–water partition coefficient (Wildman–Crippen LogP) is 3.46. The Morgan fingerprint density at radius 2 is 1.92 bits per heavy atom. The van der Waals surface area contributed by atoms with Crippen molar-refractivity contribution in [3.8, 4) is 0 Å². The van der Waals surface area contributed by atoms with Crippen LogP contribution in [0.15, 0.2) is 22.6 Å². The Hall–Kier alpha value is -2.24. The highest BCUT2D eigenvalue weighted by Crippen LogP contribution is 2.41. The summed E-state index contributed by atoms with van der Waals surface area (Å²) in [5.74, 6) is 0.934. The van der Waals surface area contributed by atoms with Gasteiger partial charge in [0.2, 0.25) is 0 Å². The number of aromatic nitrogens is 1. The maximum absolute atomic E-state index is 12.9. The number of carbonyl (C=O) groups excluding carboxylic acids is 1. The van der Waals surface area contributed by atoms with Crippen LogP contribution in [-0.4, -0.2) is 34.3 Å². The summed E-state index contributed by atoms with van der Waals surface area (Å²) >= 11 is 0. The van der Waals surface area contributed by atoms with Crippen molar-refractivity contribution in [2.45, 2.75) is 64.7 Å². The summed E-state index contributed by atoms with van der Waals surface area (Å²) in [6.45, 7) is 7.20. The standard InChI is InChI=1S/C20H26N2O4/c1-20(2,3)26-19(24)21-9-6-14(7-10-21)22-11-8-15-16(18(22)23)12-25-17(15)13-4-5-13/h8,11,14H,4-7,9-10,12H2,1-3H3. The van der Waals surface area contributed by atoms with Gasteiger partial charge >= 0.3 is 6.09 Å². The van der Waals surface area contributed by atoms with Gasteiger partial charge in [0.15, 0.2) is 0 Å². The lowest BCUT2D eigenvalue weighted by Gasteiger charge is -2.34. The molecule has 0 radical (unpaired) electrons. The van der Waals surface area contributed by atoms with Crippen LogP contribution in [0.25, 0.3) is 5.76 Å². The van der Waals surface area contributed by atoms with E-state index in [0.29, 0.717) is 19.7 Å². The molecule has 26 heavy (non-hydrogen) atoms. The lowest BCUT2D eigenvalue weighted by Crippen LogP contribution is -2.43. The summed E-state index contributed by atoms with van der Waals surface area (Å²) < 4.78 is 13.0. The molecule has 3 heterocycles. The number of pyridine rings is 1. The molecule has 2 aliphatic heterocycles. The second-order valence-electron chi connectivity index (χ2n) is 8.34. The number of hydrogen-bond donors (Lipinski definition) is 0. The monoisotopic (exact) mass is 358 g/mol. The third kappa shape index (κ3) is 3.24. The van der Waals surface area contributed by atoms with Crippen LogP contribution in [0.5, 0.6) is 0 Å². The van der Waals surface area contributed by atoms with Gasteiger partial charge in [-0.1, -0.05) is 0 Å². The maximum atomic E-state index is 12.9. The fraction of sp³-hybridized carbons (Fsp3) is 0.600. The van der Waals surface area contributed by atoms with Crippen LogP contribution in [0.1, 0.15) is 63.6 Å². The predicted molar refractivity (Wildman–Crippen MR) is 97.7 cm³/mol. The zero-order valence-electron chi connectivity index (χ0n) is 15.7. The molecule has 6 nitrogen and oxygen atoms in total. The molecule has 1 aromatic heterocycles. The van der Waals surface area contributed by atoms with Crippen LogP contribution >= 0.6 is 0 Å². The van der Waals surface area contributed by atoms with E-state index >= 15 is 0 Å². The molecule has 0 unspecified atom stereocenters. The zero-order chi connectivity index (χ0) is 18.5. The summed E-state index contributed by atoms with van der Waals surface area (Å²) in [6, 6.07) is 2.13. The van der Waals surface area contributed by atoms with Crippen molar-refractivity contribution < 1.29 is 14.3 Å². The van der Waals surface area contributed by atoms with E-state index in [2.05, 4.69) is 0 Å². The van der Waals surface area contributed by atoms with Crippen LogP contribution in [0, 0.1) is 0 Å². The summed E-state index contributed by atoms with van der Waals surface area (Å²) in [5.41, 5.74) is 2.64. The molecule has 3 aliphatic rings. The minimum atomic E-state index is -0.487. The van der Waals surface area contributed by atoms with Gasteiger partial charge in [-0.2, -0.15) is 0 Å². The van der Waals surface area contributed by atoms with E-state index in [1.165, 1.54) is 5.57 Å². The van der Waals surface area contributed by atoms with Gasteiger partial charge in [0.05, 0.1) is 5.56 Å². The Morgan fingerprint density at radius 3 is 2.54 bits per heavy atom. The number of fused-ring (bicyclic) bond motifs is 1. The molecule has 6 heteroatoms. The first-order chi connectivity index (χ1) is 12.3. The fourth-order valence-corrected chi connectivity index (χ4v) is 3.69. The third-order valence-electron chi connectivity index (χ3n) is 5.16. The van der Waals surface area contributed by atoms with E-state index < -0.39 is 5.60 Å². The summed E-state index contributed by atoms with van der Waals surface area (Å²) in [6.07, 6.45) is 5.31. The van der Waals surface area contributed by atoms with E-state index in [0.717, 1.165) is 42.6 Å². The molecule has 1 amide bonds. The van der Waals surface area contributed by atoms with Crippen molar-refractivity contribution in [3.05, 3.63) is 39.3 Å². The van der Waals surface area contributed by atoms with Gasteiger partial charge in [-0.25, -0.2) is 4.79 Å². The number of nitrogens with zero attached hydrogens (tertiary/aromatic N) is 2. The van der Waals surface area contributed by atoms with Gasteiger partial charge in [0, 0.05) is 30.9 Å². The number of rotatable bonds is 1. The van der Waals surface area contributed by atoms with Crippen molar-refractivity contribution in [1.29, 1.82) is 0 Å². The van der Waals surface area contributed by atoms with Crippen LogP contribution in [-0.2, 0) is 16.1 Å². The molecule has 2 fully saturated rings. The largest absolute Gasteiger partial charge is 0.488 e. The summed E-state index contributed by atoms with van der Waals surface area (Å²) in [5, 5.41) is 0. The van der Waals surface area contributed by atoms with Gasteiger partial charge < -0.3 is 18.9 Å². The van der Waals surface area contributed by atoms with Gasteiger partial charge in [-0.05, 0) is 58.1 Å². The van der Waals surface area contributed by atoms with E-state index in [1.807, 2.05) is 37.6 Å². The molecule has 140 valence electrons. The highest BCUT2D eigenvalue weighted by Gasteiger charge is 2.31. The minimum absolute atomic E-state index is 0.0504. The molecule has 0 aromatic carbocycles. The lowest BCUT2D eigenvalue weighted by atomic mass is 10.0. The Bertz CT molecular complexity index is 817. The molecule has 0 N–H and O–H groups in total. The normalized spacial score (nSPS) is 20.0. The van der Waals surface area contributed by atoms with E-state index in [-0.39, 0.29) is 17.7 Å². The van der Waals surface area contributed by atoms with Crippen LogP contribution in [0.3, 0.4) is 0 Å².